The molecule has 82 valence electrons. The van der Waals surface area contributed by atoms with E-state index in [1.54, 1.807) is 7.11 Å². The lowest BCUT2D eigenvalue weighted by Gasteiger charge is -2.14. The number of hydrogen-bond acceptors (Lipinski definition) is 2. The van der Waals surface area contributed by atoms with Gasteiger partial charge in [-0.05, 0) is 43.5 Å². The summed E-state index contributed by atoms with van der Waals surface area (Å²) in [5.74, 6) is 1.08. The van der Waals surface area contributed by atoms with Crippen LogP contribution in [0.4, 0.5) is 0 Å². The van der Waals surface area contributed by atoms with E-state index in [0.717, 1.165) is 28.0 Å². The molecule has 0 fully saturated rings. The van der Waals surface area contributed by atoms with Crippen molar-refractivity contribution in [3.05, 3.63) is 28.3 Å². The SMILES string of the molecule is CCC(=O)c1cc(C)c(OC)c(C)c1C. The van der Waals surface area contributed by atoms with Crippen molar-refractivity contribution in [2.45, 2.75) is 34.1 Å². The summed E-state index contributed by atoms with van der Waals surface area (Å²) in [6, 6.07) is 1.92. The van der Waals surface area contributed by atoms with Crippen molar-refractivity contribution >= 4 is 5.78 Å². The number of carbonyl (C=O) groups is 1. The predicted molar refractivity (Wildman–Crippen MR) is 61.8 cm³/mol. The van der Waals surface area contributed by atoms with Gasteiger partial charge < -0.3 is 4.74 Å². The van der Waals surface area contributed by atoms with Crippen LogP contribution in [0.1, 0.15) is 40.4 Å². The number of rotatable bonds is 3. The Balaban J connectivity index is 3.40. The molecule has 0 aliphatic heterocycles. The van der Waals surface area contributed by atoms with Crippen molar-refractivity contribution < 1.29 is 9.53 Å². The average Bonchev–Trinajstić information content (AvgIpc) is 2.23. The molecule has 0 unspecified atom stereocenters. The van der Waals surface area contributed by atoms with Crippen molar-refractivity contribution in [3.8, 4) is 5.75 Å². The summed E-state index contributed by atoms with van der Waals surface area (Å²) in [5, 5.41) is 0. The zero-order chi connectivity index (χ0) is 11.6. The Kier molecular flexibility index (Phi) is 3.51. The molecule has 1 aromatic carbocycles. The van der Waals surface area contributed by atoms with Crippen LogP contribution >= 0.6 is 0 Å². The molecule has 0 aromatic heterocycles. The Morgan fingerprint density at radius 2 is 1.87 bits per heavy atom. The van der Waals surface area contributed by atoms with Crippen LogP contribution < -0.4 is 4.74 Å². The first-order valence-corrected chi connectivity index (χ1v) is 5.20. The molecule has 0 saturated heterocycles. The lowest BCUT2D eigenvalue weighted by atomic mass is 9.95. The van der Waals surface area contributed by atoms with E-state index in [1.165, 1.54) is 0 Å². The first kappa shape index (κ1) is 11.8. The molecule has 2 heteroatoms. The first-order chi connectivity index (χ1) is 7.02. The molecular formula is C13H18O2. The van der Waals surface area contributed by atoms with E-state index >= 15 is 0 Å². The highest BCUT2D eigenvalue weighted by Crippen LogP contribution is 2.28. The Hall–Kier alpha value is -1.31. The lowest BCUT2D eigenvalue weighted by Crippen LogP contribution is -2.04. The third-order valence-corrected chi connectivity index (χ3v) is 2.85. The van der Waals surface area contributed by atoms with Crippen molar-refractivity contribution in [1.82, 2.24) is 0 Å². The summed E-state index contributed by atoms with van der Waals surface area (Å²) in [4.78, 5) is 11.7. The molecule has 15 heavy (non-hydrogen) atoms. The van der Waals surface area contributed by atoms with E-state index < -0.39 is 0 Å². The molecule has 0 saturated carbocycles. The Labute approximate surface area is 91.3 Å². The molecule has 0 heterocycles. The number of hydrogen-bond donors (Lipinski definition) is 0. The number of ketones is 1. The summed E-state index contributed by atoms with van der Waals surface area (Å²) < 4.78 is 5.31. The normalized spacial score (nSPS) is 10.2. The zero-order valence-corrected chi connectivity index (χ0v) is 10.1. The smallest absolute Gasteiger partial charge is 0.162 e. The zero-order valence-electron chi connectivity index (χ0n) is 10.1. The van der Waals surface area contributed by atoms with Gasteiger partial charge in [-0.25, -0.2) is 0 Å². The van der Waals surface area contributed by atoms with Gasteiger partial charge in [-0.15, -0.1) is 0 Å². The summed E-state index contributed by atoms with van der Waals surface area (Å²) in [6.45, 7) is 7.82. The van der Waals surface area contributed by atoms with Gasteiger partial charge in [0.25, 0.3) is 0 Å². The first-order valence-electron chi connectivity index (χ1n) is 5.20. The van der Waals surface area contributed by atoms with Gasteiger partial charge in [0.1, 0.15) is 5.75 Å². The van der Waals surface area contributed by atoms with E-state index in [9.17, 15) is 4.79 Å². The van der Waals surface area contributed by atoms with E-state index in [4.69, 9.17) is 4.74 Å². The van der Waals surface area contributed by atoms with Crippen LogP contribution in [0.5, 0.6) is 5.75 Å². The third kappa shape index (κ3) is 2.04. The van der Waals surface area contributed by atoms with Crippen LogP contribution in [0.25, 0.3) is 0 Å². The van der Waals surface area contributed by atoms with Gasteiger partial charge in [0.2, 0.25) is 0 Å². The van der Waals surface area contributed by atoms with Crippen molar-refractivity contribution in [2.24, 2.45) is 0 Å². The molecule has 0 spiro atoms. The minimum Gasteiger partial charge on any atom is -0.496 e. The summed E-state index contributed by atoms with van der Waals surface area (Å²) in [5.41, 5.74) is 3.95. The number of ether oxygens (including phenoxy) is 1. The van der Waals surface area contributed by atoms with Crippen LogP contribution in [-0.2, 0) is 0 Å². The maximum atomic E-state index is 11.7. The van der Waals surface area contributed by atoms with Crippen LogP contribution in [0, 0.1) is 20.8 Å². The van der Waals surface area contributed by atoms with E-state index in [0.29, 0.717) is 6.42 Å². The van der Waals surface area contributed by atoms with Crippen molar-refractivity contribution in [2.75, 3.05) is 7.11 Å². The molecule has 0 bridgehead atoms. The van der Waals surface area contributed by atoms with Gasteiger partial charge in [0, 0.05) is 12.0 Å². The molecular weight excluding hydrogens is 188 g/mol. The maximum Gasteiger partial charge on any atom is 0.162 e. The summed E-state index contributed by atoms with van der Waals surface area (Å²) in [7, 11) is 1.66. The fraction of sp³-hybridized carbons (Fsp3) is 0.462. The number of Topliss-reactive ketones (excluding diaryl/α,β-unsaturated/α-hetero) is 1. The highest BCUT2D eigenvalue weighted by molar-refractivity contribution is 5.98. The van der Waals surface area contributed by atoms with Gasteiger partial charge in [0.05, 0.1) is 7.11 Å². The molecule has 1 aromatic rings. The fourth-order valence-corrected chi connectivity index (χ4v) is 1.85. The highest BCUT2D eigenvalue weighted by Gasteiger charge is 2.14. The quantitative estimate of drug-likeness (QED) is 0.710. The van der Waals surface area contributed by atoms with Gasteiger partial charge >= 0.3 is 0 Å². The summed E-state index contributed by atoms with van der Waals surface area (Å²) >= 11 is 0. The largest absolute Gasteiger partial charge is 0.496 e. The second-order valence-corrected chi connectivity index (χ2v) is 3.80. The Morgan fingerprint density at radius 3 is 2.33 bits per heavy atom. The highest BCUT2D eigenvalue weighted by atomic mass is 16.5. The van der Waals surface area contributed by atoms with E-state index in [-0.39, 0.29) is 5.78 Å². The Bertz CT molecular complexity index is 392. The monoisotopic (exact) mass is 206 g/mol. The Morgan fingerprint density at radius 1 is 1.27 bits per heavy atom. The third-order valence-electron chi connectivity index (χ3n) is 2.85. The number of carbonyl (C=O) groups excluding carboxylic acids is 1. The second-order valence-electron chi connectivity index (χ2n) is 3.80. The minimum atomic E-state index is 0.196. The summed E-state index contributed by atoms with van der Waals surface area (Å²) in [6.07, 6.45) is 0.548. The van der Waals surface area contributed by atoms with Gasteiger partial charge in [-0.1, -0.05) is 6.92 Å². The second kappa shape index (κ2) is 4.47. The maximum absolute atomic E-state index is 11.7. The minimum absolute atomic E-state index is 0.196. The fourth-order valence-electron chi connectivity index (χ4n) is 1.85. The predicted octanol–water partition coefficient (Wildman–Crippen LogP) is 3.21. The van der Waals surface area contributed by atoms with Crippen molar-refractivity contribution in [1.29, 1.82) is 0 Å². The van der Waals surface area contributed by atoms with E-state index in [1.807, 2.05) is 33.8 Å². The number of benzene rings is 1. The number of aryl methyl sites for hydroxylation is 1. The molecule has 0 amide bonds. The molecule has 0 radical (unpaired) electrons. The van der Waals surface area contributed by atoms with Crippen molar-refractivity contribution in [3.63, 3.8) is 0 Å². The molecule has 0 N–H and O–H groups in total. The van der Waals surface area contributed by atoms with Crippen LogP contribution in [0.2, 0.25) is 0 Å². The lowest BCUT2D eigenvalue weighted by molar-refractivity contribution is 0.0987. The van der Waals surface area contributed by atoms with Crippen LogP contribution in [-0.4, -0.2) is 12.9 Å². The topological polar surface area (TPSA) is 26.3 Å². The molecule has 0 atom stereocenters. The van der Waals surface area contributed by atoms with Crippen LogP contribution in [0.15, 0.2) is 6.07 Å². The molecule has 1 rings (SSSR count). The van der Waals surface area contributed by atoms with E-state index in [2.05, 4.69) is 0 Å². The standard InChI is InChI=1S/C13H18O2/c1-6-12(14)11-7-8(2)13(15-5)10(4)9(11)3/h7H,6H2,1-5H3. The van der Waals surface area contributed by atoms with Gasteiger partial charge in [-0.3, -0.25) is 4.79 Å². The average molecular weight is 206 g/mol. The molecule has 2 nitrogen and oxygen atoms in total. The number of methoxy groups -OCH3 is 1. The van der Waals surface area contributed by atoms with Gasteiger partial charge in [0.15, 0.2) is 5.78 Å². The molecule has 0 aliphatic rings. The van der Waals surface area contributed by atoms with Gasteiger partial charge in [-0.2, -0.15) is 0 Å². The van der Waals surface area contributed by atoms with Crippen LogP contribution in [0.3, 0.4) is 0 Å². The molecule has 0 aliphatic carbocycles.